The zero-order valence-electron chi connectivity index (χ0n) is 6.13. The zero-order valence-corrected chi connectivity index (χ0v) is 7.02. The Kier molecular flexibility index (Phi) is 5.24. The smallest absolute Gasteiger partial charge is 0.155 e. The van der Waals surface area contributed by atoms with Crippen LogP contribution in [0.2, 0.25) is 0 Å². The van der Waals surface area contributed by atoms with Crippen molar-refractivity contribution in [3.63, 3.8) is 0 Å². The fourth-order valence-electron chi connectivity index (χ4n) is 0.373. The van der Waals surface area contributed by atoms with Crippen molar-refractivity contribution in [1.29, 1.82) is 0 Å². The first-order chi connectivity index (χ1) is 4.20. The Morgan fingerprint density at radius 3 is 2.44 bits per heavy atom. The number of hydrogen-bond acceptors (Lipinski definition) is 3. The Hall–Kier alpha value is 0.270. The lowest BCUT2D eigenvalue weighted by Gasteiger charge is -2.14. The van der Waals surface area contributed by atoms with E-state index in [1.54, 1.807) is 7.11 Å². The first kappa shape index (κ1) is 9.27. The molecule has 0 spiro atoms. The van der Waals surface area contributed by atoms with Gasteiger partial charge >= 0.3 is 0 Å². The van der Waals surface area contributed by atoms with Gasteiger partial charge in [-0.3, -0.25) is 0 Å². The first-order valence-corrected chi connectivity index (χ1v) is 3.58. The fraction of sp³-hybridized carbons (Fsp3) is 1.00. The summed E-state index contributed by atoms with van der Waals surface area (Å²) in [5.74, 6) is 0. The van der Waals surface area contributed by atoms with E-state index < -0.39 is 0 Å². The molecule has 0 bridgehead atoms. The summed E-state index contributed by atoms with van der Waals surface area (Å²) < 4.78 is 10.0. The van der Waals surface area contributed by atoms with Crippen LogP contribution < -0.4 is 0 Å². The van der Waals surface area contributed by atoms with E-state index in [2.05, 4.69) is 12.6 Å². The highest BCUT2D eigenvalue weighted by Gasteiger charge is 2.04. The molecule has 0 rings (SSSR count). The number of thiol groups is 1. The summed E-state index contributed by atoms with van der Waals surface area (Å²) in [5, 5.41) is 0. The third kappa shape index (κ3) is 4.75. The minimum atomic E-state index is -0.146. The van der Waals surface area contributed by atoms with E-state index in [1.165, 1.54) is 0 Å². The zero-order chi connectivity index (χ0) is 7.28. The summed E-state index contributed by atoms with van der Waals surface area (Å²) >= 11 is 4.12. The maximum Gasteiger partial charge on any atom is 0.155 e. The molecule has 0 heterocycles. The van der Waals surface area contributed by atoms with E-state index in [4.69, 9.17) is 9.47 Å². The lowest BCUT2D eigenvalue weighted by Crippen LogP contribution is -2.15. The SMILES string of the molecule is CCC(S)OC(C)OC. The second-order valence-corrected chi connectivity index (χ2v) is 2.38. The van der Waals surface area contributed by atoms with Crippen molar-refractivity contribution in [2.75, 3.05) is 7.11 Å². The molecule has 0 saturated heterocycles. The second-order valence-electron chi connectivity index (χ2n) is 1.80. The normalized spacial score (nSPS) is 17.3. The second kappa shape index (κ2) is 5.09. The minimum absolute atomic E-state index is 0.0000463. The van der Waals surface area contributed by atoms with Crippen molar-refractivity contribution < 1.29 is 9.47 Å². The van der Waals surface area contributed by atoms with Gasteiger partial charge in [-0.2, -0.15) is 0 Å². The van der Waals surface area contributed by atoms with Gasteiger partial charge in [0.1, 0.15) is 5.44 Å². The topological polar surface area (TPSA) is 18.5 Å². The molecule has 0 aliphatic carbocycles. The lowest BCUT2D eigenvalue weighted by molar-refractivity contribution is -0.120. The average Bonchev–Trinajstić information content (AvgIpc) is 1.87. The van der Waals surface area contributed by atoms with Crippen LogP contribution in [0.3, 0.4) is 0 Å². The molecule has 0 aliphatic rings. The van der Waals surface area contributed by atoms with Crippen molar-refractivity contribution in [3.05, 3.63) is 0 Å². The maximum absolute atomic E-state index is 5.19. The monoisotopic (exact) mass is 150 g/mol. The predicted molar refractivity (Wildman–Crippen MR) is 40.6 cm³/mol. The van der Waals surface area contributed by atoms with Gasteiger partial charge in [0, 0.05) is 7.11 Å². The number of rotatable bonds is 4. The van der Waals surface area contributed by atoms with Crippen LogP contribution in [0.15, 0.2) is 0 Å². The molecule has 0 saturated carbocycles. The van der Waals surface area contributed by atoms with Crippen LogP contribution in [-0.4, -0.2) is 18.8 Å². The molecular formula is C6H14O2S. The molecule has 56 valence electrons. The van der Waals surface area contributed by atoms with Gasteiger partial charge in [0.15, 0.2) is 6.29 Å². The summed E-state index contributed by atoms with van der Waals surface area (Å²) in [6.07, 6.45) is 0.754. The van der Waals surface area contributed by atoms with Gasteiger partial charge in [0.25, 0.3) is 0 Å². The molecule has 2 atom stereocenters. The largest absolute Gasteiger partial charge is 0.356 e. The van der Waals surface area contributed by atoms with Gasteiger partial charge in [-0.1, -0.05) is 6.92 Å². The predicted octanol–water partition coefficient (Wildman–Crippen LogP) is 1.66. The van der Waals surface area contributed by atoms with Crippen LogP contribution in [-0.2, 0) is 9.47 Å². The molecule has 2 nitrogen and oxygen atoms in total. The van der Waals surface area contributed by atoms with E-state index in [1.807, 2.05) is 13.8 Å². The quantitative estimate of drug-likeness (QED) is 0.485. The molecular weight excluding hydrogens is 136 g/mol. The summed E-state index contributed by atoms with van der Waals surface area (Å²) in [7, 11) is 1.61. The number of methoxy groups -OCH3 is 1. The van der Waals surface area contributed by atoms with Crippen LogP contribution in [0.5, 0.6) is 0 Å². The highest BCUT2D eigenvalue weighted by Crippen LogP contribution is 2.05. The summed E-state index contributed by atoms with van der Waals surface area (Å²) in [5.41, 5.74) is -0.0000463. The van der Waals surface area contributed by atoms with Crippen molar-refractivity contribution in [1.82, 2.24) is 0 Å². The Balaban J connectivity index is 3.22. The molecule has 0 aromatic carbocycles. The number of ether oxygens (including phenoxy) is 2. The van der Waals surface area contributed by atoms with Crippen molar-refractivity contribution in [2.24, 2.45) is 0 Å². The van der Waals surface area contributed by atoms with Gasteiger partial charge in [-0.15, -0.1) is 12.6 Å². The van der Waals surface area contributed by atoms with Gasteiger partial charge in [0.2, 0.25) is 0 Å². The Morgan fingerprint density at radius 1 is 1.56 bits per heavy atom. The van der Waals surface area contributed by atoms with E-state index in [-0.39, 0.29) is 11.7 Å². The molecule has 2 unspecified atom stereocenters. The van der Waals surface area contributed by atoms with Gasteiger partial charge in [-0.05, 0) is 13.3 Å². The Morgan fingerprint density at radius 2 is 2.11 bits per heavy atom. The van der Waals surface area contributed by atoms with Crippen molar-refractivity contribution in [2.45, 2.75) is 32.0 Å². The van der Waals surface area contributed by atoms with E-state index >= 15 is 0 Å². The summed E-state index contributed by atoms with van der Waals surface area (Å²) in [6, 6.07) is 0. The molecule has 0 fully saturated rings. The molecule has 3 heteroatoms. The molecule has 0 aliphatic heterocycles. The molecule has 0 aromatic heterocycles. The molecule has 0 amide bonds. The van der Waals surface area contributed by atoms with Crippen LogP contribution in [0.1, 0.15) is 20.3 Å². The number of hydrogen-bond donors (Lipinski definition) is 1. The van der Waals surface area contributed by atoms with Crippen molar-refractivity contribution >= 4 is 12.6 Å². The van der Waals surface area contributed by atoms with Gasteiger partial charge in [0.05, 0.1) is 0 Å². The maximum atomic E-state index is 5.19. The Bertz CT molecular complexity index is 60.1. The van der Waals surface area contributed by atoms with Gasteiger partial charge in [-0.25, -0.2) is 0 Å². The van der Waals surface area contributed by atoms with Crippen molar-refractivity contribution in [3.8, 4) is 0 Å². The first-order valence-electron chi connectivity index (χ1n) is 3.07. The van der Waals surface area contributed by atoms with Crippen LogP contribution in [0.4, 0.5) is 0 Å². The third-order valence-electron chi connectivity index (χ3n) is 1.03. The Labute approximate surface area is 61.9 Å². The summed E-state index contributed by atoms with van der Waals surface area (Å²) in [4.78, 5) is 0. The van der Waals surface area contributed by atoms with Crippen LogP contribution in [0, 0.1) is 0 Å². The standard InChI is InChI=1S/C6H14O2S/c1-4-6(9)8-5(2)7-3/h5-6,9H,4H2,1-3H3. The van der Waals surface area contributed by atoms with Crippen LogP contribution >= 0.6 is 12.6 Å². The molecule has 0 N–H and O–H groups in total. The lowest BCUT2D eigenvalue weighted by atomic mass is 10.5. The average molecular weight is 150 g/mol. The third-order valence-corrected chi connectivity index (χ3v) is 1.52. The molecule has 0 aromatic rings. The highest BCUT2D eigenvalue weighted by molar-refractivity contribution is 7.80. The van der Waals surface area contributed by atoms with E-state index in [9.17, 15) is 0 Å². The van der Waals surface area contributed by atoms with E-state index in [0.29, 0.717) is 0 Å². The minimum Gasteiger partial charge on any atom is -0.356 e. The highest BCUT2D eigenvalue weighted by atomic mass is 32.1. The molecule has 9 heavy (non-hydrogen) atoms. The fourth-order valence-corrected chi connectivity index (χ4v) is 0.544. The molecule has 0 radical (unpaired) electrons. The van der Waals surface area contributed by atoms with Crippen LogP contribution in [0.25, 0.3) is 0 Å². The van der Waals surface area contributed by atoms with Gasteiger partial charge < -0.3 is 9.47 Å². The summed E-state index contributed by atoms with van der Waals surface area (Å²) in [6.45, 7) is 3.86. The van der Waals surface area contributed by atoms with E-state index in [0.717, 1.165) is 6.42 Å².